The highest BCUT2D eigenvalue weighted by molar-refractivity contribution is 6.31. The molecule has 0 aliphatic heterocycles. The van der Waals surface area contributed by atoms with Crippen LogP contribution >= 0.6 is 11.6 Å². The normalized spacial score (nSPS) is 14.8. The van der Waals surface area contributed by atoms with Crippen LogP contribution in [0.3, 0.4) is 0 Å². The summed E-state index contributed by atoms with van der Waals surface area (Å²) in [5.74, 6) is -0.404. The number of benzene rings is 1. The first kappa shape index (κ1) is 18.6. The predicted molar refractivity (Wildman–Crippen MR) is 100 cm³/mol. The summed E-state index contributed by atoms with van der Waals surface area (Å²) >= 11 is 6.16. The van der Waals surface area contributed by atoms with Crippen molar-refractivity contribution in [1.82, 2.24) is 15.2 Å². The molecule has 1 saturated carbocycles. The molecule has 0 bridgehead atoms. The van der Waals surface area contributed by atoms with Crippen molar-refractivity contribution in [3.63, 3.8) is 0 Å². The smallest absolute Gasteiger partial charge is 0.318 e. The summed E-state index contributed by atoms with van der Waals surface area (Å²) in [5.41, 5.74) is 1.22. The minimum atomic E-state index is -0.404. The third kappa shape index (κ3) is 4.94. The summed E-state index contributed by atoms with van der Waals surface area (Å²) in [7, 11) is 0. The Morgan fingerprint density at radius 1 is 1.19 bits per heavy atom. The highest BCUT2D eigenvalue weighted by Crippen LogP contribution is 2.23. The van der Waals surface area contributed by atoms with Crippen LogP contribution in [-0.4, -0.2) is 22.0 Å². The maximum atomic E-state index is 14.2. The predicted octanol–water partition coefficient (Wildman–Crippen LogP) is 4.92. The molecule has 1 heterocycles. The zero-order valence-corrected chi connectivity index (χ0v) is 15.4. The summed E-state index contributed by atoms with van der Waals surface area (Å²) in [6.45, 7) is 0.454. The van der Waals surface area contributed by atoms with E-state index in [-0.39, 0.29) is 18.6 Å². The van der Waals surface area contributed by atoms with E-state index in [9.17, 15) is 9.18 Å². The van der Waals surface area contributed by atoms with Crippen LogP contribution in [0.25, 0.3) is 0 Å². The van der Waals surface area contributed by atoms with E-state index < -0.39 is 5.82 Å². The molecule has 2 aromatic rings. The molecule has 26 heavy (non-hydrogen) atoms. The number of aromatic nitrogens is 1. The molecule has 3 rings (SSSR count). The van der Waals surface area contributed by atoms with Gasteiger partial charge in [0.15, 0.2) is 0 Å². The number of carbonyl (C=O) groups excluding carboxylic acids is 1. The molecule has 1 aliphatic carbocycles. The number of nitrogens with zero attached hydrogens (tertiary/aromatic N) is 2. The summed E-state index contributed by atoms with van der Waals surface area (Å²) in [5, 5.41) is 3.43. The zero-order valence-electron chi connectivity index (χ0n) is 14.6. The quantitative estimate of drug-likeness (QED) is 0.806. The van der Waals surface area contributed by atoms with Gasteiger partial charge in [-0.15, -0.1) is 0 Å². The monoisotopic (exact) mass is 375 g/mol. The maximum Gasteiger partial charge on any atom is 0.318 e. The van der Waals surface area contributed by atoms with Gasteiger partial charge in [0.1, 0.15) is 5.82 Å². The number of nitrogens with one attached hydrogen (secondary N) is 1. The van der Waals surface area contributed by atoms with Gasteiger partial charge in [0.05, 0.1) is 6.54 Å². The first-order chi connectivity index (χ1) is 12.6. The van der Waals surface area contributed by atoms with Gasteiger partial charge >= 0.3 is 6.03 Å². The standard InChI is InChI=1S/C20H23ClFN3O/c21-18-9-4-10-19(22)17(18)14-25(13-15-6-5-11-23-12-15)20(26)24-16-7-2-1-3-8-16/h4-6,9-12,16H,1-3,7-8,13-14H2,(H,24,26). The fraction of sp³-hybridized carbons (Fsp3) is 0.400. The SMILES string of the molecule is O=C(NC1CCCCC1)N(Cc1cccnc1)Cc1c(F)cccc1Cl. The highest BCUT2D eigenvalue weighted by atomic mass is 35.5. The van der Waals surface area contributed by atoms with E-state index in [1.165, 1.54) is 12.5 Å². The Morgan fingerprint density at radius 2 is 2.00 bits per heavy atom. The molecule has 0 saturated heterocycles. The van der Waals surface area contributed by atoms with Crippen LogP contribution < -0.4 is 5.32 Å². The molecular formula is C20H23ClFN3O. The third-order valence-electron chi connectivity index (χ3n) is 4.73. The molecule has 2 amide bonds. The molecule has 0 atom stereocenters. The van der Waals surface area contributed by atoms with Crippen LogP contribution in [0, 0.1) is 5.82 Å². The van der Waals surface area contributed by atoms with Crippen LogP contribution in [0.5, 0.6) is 0 Å². The average molecular weight is 376 g/mol. The number of rotatable bonds is 5. The van der Waals surface area contributed by atoms with Gasteiger partial charge in [-0.1, -0.05) is 43.0 Å². The first-order valence-corrected chi connectivity index (χ1v) is 9.38. The van der Waals surface area contributed by atoms with Gasteiger partial charge < -0.3 is 10.2 Å². The van der Waals surface area contributed by atoms with Crippen molar-refractivity contribution >= 4 is 17.6 Å². The Balaban J connectivity index is 1.77. The van der Waals surface area contributed by atoms with Crippen LogP contribution in [-0.2, 0) is 13.1 Å². The topological polar surface area (TPSA) is 45.2 Å². The molecule has 0 spiro atoms. The van der Waals surface area contributed by atoms with Gasteiger partial charge in [0.25, 0.3) is 0 Å². The lowest BCUT2D eigenvalue weighted by atomic mass is 9.96. The minimum absolute atomic E-state index is 0.110. The lowest BCUT2D eigenvalue weighted by Crippen LogP contribution is -2.45. The second-order valence-electron chi connectivity index (χ2n) is 6.70. The van der Waals surface area contributed by atoms with E-state index in [1.807, 2.05) is 12.1 Å². The molecule has 1 aliphatic rings. The third-order valence-corrected chi connectivity index (χ3v) is 5.08. The number of hydrogen-bond acceptors (Lipinski definition) is 2. The fourth-order valence-electron chi connectivity index (χ4n) is 3.30. The van der Waals surface area contributed by atoms with Crippen LogP contribution in [0.1, 0.15) is 43.2 Å². The number of pyridine rings is 1. The second-order valence-corrected chi connectivity index (χ2v) is 7.11. The van der Waals surface area contributed by atoms with Crippen LogP contribution in [0.15, 0.2) is 42.7 Å². The number of halogens is 2. The maximum absolute atomic E-state index is 14.2. The van der Waals surface area contributed by atoms with E-state index in [1.54, 1.807) is 29.4 Å². The number of hydrogen-bond donors (Lipinski definition) is 1. The fourth-order valence-corrected chi connectivity index (χ4v) is 3.52. The summed E-state index contributed by atoms with van der Waals surface area (Å²) in [4.78, 5) is 18.6. The van der Waals surface area contributed by atoms with Crippen LogP contribution in [0.2, 0.25) is 5.02 Å². The molecule has 138 valence electrons. The second kappa shape index (κ2) is 8.99. The Bertz CT molecular complexity index is 715. The molecule has 1 aromatic heterocycles. The van der Waals surface area contributed by atoms with E-state index in [0.717, 1.165) is 31.2 Å². The van der Waals surface area contributed by atoms with Crippen molar-refractivity contribution in [3.05, 3.63) is 64.7 Å². The molecular weight excluding hydrogens is 353 g/mol. The lowest BCUT2D eigenvalue weighted by Gasteiger charge is -2.29. The van der Waals surface area contributed by atoms with E-state index in [0.29, 0.717) is 17.1 Å². The van der Waals surface area contributed by atoms with Crippen molar-refractivity contribution in [1.29, 1.82) is 0 Å². The molecule has 1 aromatic carbocycles. The highest BCUT2D eigenvalue weighted by Gasteiger charge is 2.22. The lowest BCUT2D eigenvalue weighted by molar-refractivity contribution is 0.184. The van der Waals surface area contributed by atoms with E-state index in [4.69, 9.17) is 11.6 Å². The molecule has 1 fully saturated rings. The van der Waals surface area contributed by atoms with Crippen molar-refractivity contribution in [2.45, 2.75) is 51.2 Å². The van der Waals surface area contributed by atoms with Crippen molar-refractivity contribution in [2.24, 2.45) is 0 Å². The Hall–Kier alpha value is -2.14. The minimum Gasteiger partial charge on any atom is -0.335 e. The van der Waals surface area contributed by atoms with E-state index in [2.05, 4.69) is 10.3 Å². The summed E-state index contributed by atoms with van der Waals surface area (Å²) in [6.07, 6.45) is 8.86. The largest absolute Gasteiger partial charge is 0.335 e. The number of amides is 2. The summed E-state index contributed by atoms with van der Waals surface area (Å²) in [6, 6.07) is 8.28. The zero-order chi connectivity index (χ0) is 18.4. The first-order valence-electron chi connectivity index (χ1n) is 9.00. The molecule has 0 radical (unpaired) electrons. The summed E-state index contributed by atoms with van der Waals surface area (Å²) < 4.78 is 14.2. The van der Waals surface area contributed by atoms with Gasteiger partial charge in [0.2, 0.25) is 0 Å². The molecule has 0 unspecified atom stereocenters. The molecule has 4 nitrogen and oxygen atoms in total. The van der Waals surface area contributed by atoms with Gasteiger partial charge in [-0.3, -0.25) is 4.98 Å². The average Bonchev–Trinajstić information content (AvgIpc) is 2.65. The molecule has 1 N–H and O–H groups in total. The van der Waals surface area contributed by atoms with E-state index >= 15 is 0 Å². The van der Waals surface area contributed by atoms with Crippen LogP contribution in [0.4, 0.5) is 9.18 Å². The Kier molecular flexibility index (Phi) is 6.45. The number of carbonyl (C=O) groups is 1. The van der Waals surface area contributed by atoms with Gasteiger partial charge in [-0.05, 0) is 36.6 Å². The Labute approximate surface area is 158 Å². The Morgan fingerprint density at radius 3 is 2.69 bits per heavy atom. The van der Waals surface area contributed by atoms with Crippen molar-refractivity contribution in [2.75, 3.05) is 0 Å². The molecule has 6 heteroatoms. The van der Waals surface area contributed by atoms with Gasteiger partial charge in [0, 0.05) is 35.6 Å². The number of urea groups is 1. The van der Waals surface area contributed by atoms with Gasteiger partial charge in [-0.2, -0.15) is 0 Å². The van der Waals surface area contributed by atoms with Gasteiger partial charge in [-0.25, -0.2) is 9.18 Å². The van der Waals surface area contributed by atoms with Crippen molar-refractivity contribution < 1.29 is 9.18 Å². The van der Waals surface area contributed by atoms with Crippen molar-refractivity contribution in [3.8, 4) is 0 Å².